The molecule has 0 aromatic carbocycles. The second-order valence-electron chi connectivity index (χ2n) is 4.22. The fraction of sp³-hybridized carbons (Fsp3) is 0.538. The van der Waals surface area contributed by atoms with Gasteiger partial charge in [-0.25, -0.2) is 0 Å². The van der Waals surface area contributed by atoms with Crippen LogP contribution in [0.3, 0.4) is 0 Å². The highest BCUT2D eigenvalue weighted by atomic mass is 14.8. The van der Waals surface area contributed by atoms with Crippen LogP contribution in [0.5, 0.6) is 0 Å². The molecular formula is C13H18N2. The second-order valence-corrected chi connectivity index (χ2v) is 4.22. The highest BCUT2D eigenvalue weighted by molar-refractivity contribution is 5.96. The van der Waals surface area contributed by atoms with E-state index in [1.165, 1.54) is 32.1 Å². The molecule has 0 unspecified atom stereocenters. The van der Waals surface area contributed by atoms with E-state index in [1.807, 2.05) is 24.4 Å². The summed E-state index contributed by atoms with van der Waals surface area (Å²) in [6, 6.07) is 6.53. The van der Waals surface area contributed by atoms with Gasteiger partial charge in [-0.3, -0.25) is 9.98 Å². The van der Waals surface area contributed by atoms with Gasteiger partial charge in [0.15, 0.2) is 0 Å². The van der Waals surface area contributed by atoms with Crippen molar-refractivity contribution in [2.45, 2.75) is 45.1 Å². The van der Waals surface area contributed by atoms with Gasteiger partial charge in [-0.05, 0) is 31.9 Å². The summed E-state index contributed by atoms with van der Waals surface area (Å²) in [6.45, 7) is 2.07. The lowest BCUT2D eigenvalue weighted by Crippen LogP contribution is -2.12. The van der Waals surface area contributed by atoms with Crippen molar-refractivity contribution >= 4 is 5.71 Å². The molecule has 0 bridgehead atoms. The third kappa shape index (κ3) is 2.88. The molecule has 0 radical (unpaired) electrons. The van der Waals surface area contributed by atoms with Crippen LogP contribution in [0.25, 0.3) is 0 Å². The van der Waals surface area contributed by atoms with Gasteiger partial charge in [-0.2, -0.15) is 0 Å². The molecule has 1 aromatic heterocycles. The van der Waals surface area contributed by atoms with Crippen molar-refractivity contribution in [3.05, 3.63) is 30.1 Å². The zero-order valence-corrected chi connectivity index (χ0v) is 9.32. The number of pyridine rings is 1. The van der Waals surface area contributed by atoms with Gasteiger partial charge in [0.1, 0.15) is 0 Å². The summed E-state index contributed by atoms with van der Waals surface area (Å²) in [5.74, 6) is 0. The molecule has 2 heteroatoms. The molecule has 0 amide bonds. The Morgan fingerprint density at radius 2 is 2.07 bits per heavy atom. The van der Waals surface area contributed by atoms with E-state index in [1.54, 1.807) is 0 Å². The molecule has 15 heavy (non-hydrogen) atoms. The lowest BCUT2D eigenvalue weighted by Gasteiger charge is -2.18. The third-order valence-electron chi connectivity index (χ3n) is 2.99. The molecule has 1 fully saturated rings. The molecule has 0 saturated heterocycles. The van der Waals surface area contributed by atoms with Crippen molar-refractivity contribution in [2.24, 2.45) is 4.99 Å². The largest absolute Gasteiger partial charge is 0.284 e. The van der Waals surface area contributed by atoms with Crippen LogP contribution in [0.2, 0.25) is 0 Å². The summed E-state index contributed by atoms with van der Waals surface area (Å²) in [7, 11) is 0. The van der Waals surface area contributed by atoms with E-state index < -0.39 is 0 Å². The normalized spacial score (nSPS) is 19.1. The van der Waals surface area contributed by atoms with Gasteiger partial charge in [0, 0.05) is 6.20 Å². The molecule has 1 heterocycles. The molecule has 0 spiro atoms. The van der Waals surface area contributed by atoms with Crippen LogP contribution in [0, 0.1) is 0 Å². The zero-order chi connectivity index (χ0) is 10.5. The molecular weight excluding hydrogens is 184 g/mol. The zero-order valence-electron chi connectivity index (χ0n) is 9.32. The second kappa shape index (κ2) is 5.06. The van der Waals surface area contributed by atoms with E-state index in [0.717, 1.165) is 11.4 Å². The SMILES string of the molecule is CC(=NC1CCCCC1)c1ccccn1. The van der Waals surface area contributed by atoms with E-state index in [9.17, 15) is 0 Å². The number of nitrogens with zero attached hydrogens (tertiary/aromatic N) is 2. The molecule has 1 aromatic rings. The summed E-state index contributed by atoms with van der Waals surface area (Å²) in [5.41, 5.74) is 2.10. The topological polar surface area (TPSA) is 25.2 Å². The van der Waals surface area contributed by atoms with Crippen molar-refractivity contribution in [3.63, 3.8) is 0 Å². The Balaban J connectivity index is 2.06. The van der Waals surface area contributed by atoms with E-state index in [-0.39, 0.29) is 0 Å². The van der Waals surface area contributed by atoms with Crippen LogP contribution in [0.4, 0.5) is 0 Å². The molecule has 1 aliphatic carbocycles. The van der Waals surface area contributed by atoms with Gasteiger partial charge in [0.25, 0.3) is 0 Å². The molecule has 0 N–H and O–H groups in total. The Hall–Kier alpha value is -1.18. The summed E-state index contributed by atoms with van der Waals surface area (Å²) in [5, 5.41) is 0. The molecule has 80 valence electrons. The molecule has 0 aliphatic heterocycles. The quantitative estimate of drug-likeness (QED) is 0.676. The van der Waals surface area contributed by atoms with E-state index in [0.29, 0.717) is 6.04 Å². The minimum atomic E-state index is 0.542. The summed E-state index contributed by atoms with van der Waals surface area (Å²) < 4.78 is 0. The maximum Gasteiger partial charge on any atom is 0.0837 e. The Labute approximate surface area is 91.5 Å². The van der Waals surface area contributed by atoms with Gasteiger partial charge in [0.2, 0.25) is 0 Å². The summed E-state index contributed by atoms with van der Waals surface area (Å²) >= 11 is 0. The van der Waals surface area contributed by atoms with Crippen LogP contribution >= 0.6 is 0 Å². The molecule has 0 atom stereocenters. The first kappa shape index (κ1) is 10.3. The minimum Gasteiger partial charge on any atom is -0.284 e. The predicted octanol–water partition coefficient (Wildman–Crippen LogP) is 3.22. The van der Waals surface area contributed by atoms with E-state index in [4.69, 9.17) is 4.99 Å². The number of hydrogen-bond acceptors (Lipinski definition) is 2. The summed E-state index contributed by atoms with van der Waals surface area (Å²) in [4.78, 5) is 9.07. The molecule has 1 aliphatic rings. The number of rotatable bonds is 2. The van der Waals surface area contributed by atoms with Crippen LogP contribution in [-0.2, 0) is 0 Å². The average molecular weight is 202 g/mol. The molecule has 2 rings (SSSR count). The maximum atomic E-state index is 4.76. The first-order chi connectivity index (χ1) is 7.36. The Morgan fingerprint density at radius 3 is 2.73 bits per heavy atom. The molecule has 2 nitrogen and oxygen atoms in total. The van der Waals surface area contributed by atoms with Gasteiger partial charge in [0.05, 0.1) is 17.4 Å². The van der Waals surface area contributed by atoms with Gasteiger partial charge in [-0.1, -0.05) is 25.3 Å². The maximum absolute atomic E-state index is 4.76. The fourth-order valence-electron chi connectivity index (χ4n) is 2.13. The highest BCUT2D eigenvalue weighted by Gasteiger charge is 2.12. The third-order valence-corrected chi connectivity index (χ3v) is 2.99. The summed E-state index contributed by atoms with van der Waals surface area (Å²) in [6.07, 6.45) is 8.39. The van der Waals surface area contributed by atoms with Gasteiger partial charge >= 0.3 is 0 Å². The van der Waals surface area contributed by atoms with Crippen molar-refractivity contribution < 1.29 is 0 Å². The van der Waals surface area contributed by atoms with Crippen LogP contribution in [-0.4, -0.2) is 16.7 Å². The number of aliphatic imine (C=N–C) groups is 1. The van der Waals surface area contributed by atoms with Crippen molar-refractivity contribution in [2.75, 3.05) is 0 Å². The van der Waals surface area contributed by atoms with Gasteiger partial charge < -0.3 is 0 Å². The van der Waals surface area contributed by atoms with E-state index >= 15 is 0 Å². The smallest absolute Gasteiger partial charge is 0.0837 e. The lowest BCUT2D eigenvalue weighted by molar-refractivity contribution is 0.443. The number of hydrogen-bond donors (Lipinski definition) is 0. The minimum absolute atomic E-state index is 0.542. The van der Waals surface area contributed by atoms with Crippen molar-refractivity contribution in [1.29, 1.82) is 0 Å². The Kier molecular flexibility index (Phi) is 3.49. The van der Waals surface area contributed by atoms with Crippen molar-refractivity contribution in [3.8, 4) is 0 Å². The lowest BCUT2D eigenvalue weighted by atomic mass is 9.96. The van der Waals surface area contributed by atoms with Gasteiger partial charge in [-0.15, -0.1) is 0 Å². The Morgan fingerprint density at radius 1 is 1.27 bits per heavy atom. The van der Waals surface area contributed by atoms with Crippen molar-refractivity contribution in [1.82, 2.24) is 4.98 Å². The van der Waals surface area contributed by atoms with Crippen LogP contribution in [0.15, 0.2) is 29.4 Å². The first-order valence-electron chi connectivity index (χ1n) is 5.82. The predicted molar refractivity (Wildman–Crippen MR) is 63.3 cm³/mol. The van der Waals surface area contributed by atoms with Crippen LogP contribution in [0.1, 0.15) is 44.7 Å². The fourth-order valence-corrected chi connectivity index (χ4v) is 2.13. The van der Waals surface area contributed by atoms with Crippen LogP contribution < -0.4 is 0 Å². The number of aromatic nitrogens is 1. The molecule has 1 saturated carbocycles. The Bertz CT molecular complexity index is 324. The standard InChI is InChI=1S/C13H18N2/c1-11(13-9-5-6-10-14-13)15-12-7-3-2-4-8-12/h5-6,9-10,12H,2-4,7-8H2,1H3. The first-order valence-corrected chi connectivity index (χ1v) is 5.82. The highest BCUT2D eigenvalue weighted by Crippen LogP contribution is 2.20. The average Bonchev–Trinajstić information content (AvgIpc) is 2.31. The monoisotopic (exact) mass is 202 g/mol. The van der Waals surface area contributed by atoms with E-state index in [2.05, 4.69) is 11.9 Å².